The number of likely N-dealkylation sites (N-methyl/N-ethyl adjacent to an activating group) is 1. The molecule has 3 amide bonds. The quantitative estimate of drug-likeness (QED) is 0.839. The summed E-state index contributed by atoms with van der Waals surface area (Å²) in [7, 11) is 1.67. The van der Waals surface area contributed by atoms with Gasteiger partial charge in [0, 0.05) is 19.3 Å². The summed E-state index contributed by atoms with van der Waals surface area (Å²) in [6.45, 7) is 4.60. The normalized spacial score (nSPS) is 23.1. The van der Waals surface area contributed by atoms with E-state index in [1.807, 2.05) is 43.0 Å². The molecule has 7 heteroatoms. The van der Waals surface area contributed by atoms with Crippen molar-refractivity contribution in [2.75, 3.05) is 12.8 Å². The predicted octanol–water partition coefficient (Wildman–Crippen LogP) is 2.35. The van der Waals surface area contributed by atoms with Gasteiger partial charge in [0.1, 0.15) is 0 Å². The van der Waals surface area contributed by atoms with Crippen molar-refractivity contribution in [2.24, 2.45) is 4.99 Å². The highest BCUT2D eigenvalue weighted by Crippen LogP contribution is 2.30. The fraction of sp³-hybridized carbons (Fsp3) is 0.389. The van der Waals surface area contributed by atoms with Crippen LogP contribution in [0.4, 0.5) is 4.79 Å². The van der Waals surface area contributed by atoms with Gasteiger partial charge in [0.2, 0.25) is 0 Å². The lowest BCUT2D eigenvalue weighted by atomic mass is 10.1. The predicted molar refractivity (Wildman–Crippen MR) is 100 cm³/mol. The molecule has 6 nitrogen and oxygen atoms in total. The number of amidine groups is 1. The third-order valence-electron chi connectivity index (χ3n) is 4.30. The second-order valence-corrected chi connectivity index (χ2v) is 7.16. The van der Waals surface area contributed by atoms with Gasteiger partial charge in [-0.3, -0.25) is 10.1 Å². The zero-order chi connectivity index (χ0) is 18.0. The molecule has 1 aromatic rings. The Balaban J connectivity index is 1.89. The molecule has 2 atom stereocenters. The molecule has 0 bridgehead atoms. The first-order valence-electron chi connectivity index (χ1n) is 8.23. The van der Waals surface area contributed by atoms with Gasteiger partial charge in [0.05, 0.1) is 0 Å². The van der Waals surface area contributed by atoms with E-state index < -0.39 is 18.2 Å². The van der Waals surface area contributed by atoms with Crippen molar-refractivity contribution < 1.29 is 9.59 Å². The van der Waals surface area contributed by atoms with Crippen LogP contribution in [0.3, 0.4) is 0 Å². The van der Waals surface area contributed by atoms with Crippen LogP contribution in [0.15, 0.2) is 41.4 Å². The van der Waals surface area contributed by atoms with E-state index in [4.69, 9.17) is 0 Å². The summed E-state index contributed by atoms with van der Waals surface area (Å²) in [5.74, 6) is 0.490. The van der Waals surface area contributed by atoms with E-state index in [2.05, 4.69) is 22.5 Å². The number of nitrogens with one attached hydrogen (secondary N) is 1. The molecule has 132 valence electrons. The van der Waals surface area contributed by atoms with Crippen molar-refractivity contribution in [3.05, 3.63) is 47.5 Å². The van der Waals surface area contributed by atoms with Crippen LogP contribution < -0.4 is 5.32 Å². The molecule has 25 heavy (non-hydrogen) atoms. The van der Waals surface area contributed by atoms with Crippen molar-refractivity contribution in [3.8, 4) is 0 Å². The van der Waals surface area contributed by atoms with Gasteiger partial charge in [-0.05, 0) is 19.4 Å². The highest BCUT2D eigenvalue weighted by Gasteiger charge is 2.48. The van der Waals surface area contributed by atoms with Gasteiger partial charge in [-0.1, -0.05) is 53.7 Å². The van der Waals surface area contributed by atoms with Gasteiger partial charge in [0.15, 0.2) is 17.4 Å². The van der Waals surface area contributed by atoms with Crippen molar-refractivity contribution in [1.82, 2.24) is 15.1 Å². The van der Waals surface area contributed by atoms with E-state index >= 15 is 0 Å². The average molecular weight is 358 g/mol. The van der Waals surface area contributed by atoms with Gasteiger partial charge >= 0.3 is 6.03 Å². The Morgan fingerprint density at radius 2 is 2.16 bits per heavy atom. The Hall–Kier alpha value is -2.28. The first kappa shape index (κ1) is 17.5. The number of fused-ring (bicyclic) bond motifs is 1. The Bertz CT molecular complexity index is 746. The summed E-state index contributed by atoms with van der Waals surface area (Å²) >= 11 is 1.58. The lowest BCUT2D eigenvalue weighted by Gasteiger charge is -2.36. The third-order valence-corrected chi connectivity index (χ3v) is 5.26. The number of imide groups is 1. The molecule has 2 unspecified atom stereocenters. The van der Waals surface area contributed by atoms with Crippen LogP contribution in [0.25, 0.3) is 0 Å². The molecule has 2 aliphatic heterocycles. The highest BCUT2D eigenvalue weighted by atomic mass is 32.2. The number of allylic oxidation sites excluding steroid dienone is 1. The Labute approximate surface area is 152 Å². The molecule has 1 saturated heterocycles. The number of nitrogens with zero attached hydrogens (tertiary/aromatic N) is 3. The van der Waals surface area contributed by atoms with Crippen molar-refractivity contribution in [1.29, 1.82) is 0 Å². The molecule has 1 N–H and O–H groups in total. The average Bonchev–Trinajstić information content (AvgIpc) is 2.92. The number of carbonyl (C=O) groups excluding carboxylic acids is 2. The van der Waals surface area contributed by atoms with E-state index in [1.54, 1.807) is 18.8 Å². The lowest BCUT2D eigenvalue weighted by Crippen LogP contribution is -2.63. The maximum Gasteiger partial charge on any atom is 0.325 e. The third kappa shape index (κ3) is 3.56. The standard InChI is InChI=1S/C18H22N4O2S/c1-4-5-9-25-18-19-15-14(16(23)20-17(24)21(15)3)22(18)11-13-8-6-7-12(2)10-13/h4-8,10,14-15H,9,11H2,1-3H3,(H,20,23,24)/b5-4+. The summed E-state index contributed by atoms with van der Waals surface area (Å²) in [5.41, 5.74) is 2.29. The Morgan fingerprint density at radius 3 is 2.88 bits per heavy atom. The van der Waals surface area contributed by atoms with E-state index in [1.165, 1.54) is 10.5 Å². The number of aliphatic imine (C=N–C) groups is 1. The summed E-state index contributed by atoms with van der Waals surface area (Å²) < 4.78 is 0. The first-order chi connectivity index (χ1) is 12.0. The molecule has 0 radical (unpaired) electrons. The second-order valence-electron chi connectivity index (χ2n) is 6.17. The largest absolute Gasteiger partial charge is 0.331 e. The molecule has 1 aromatic carbocycles. The molecule has 0 aliphatic carbocycles. The maximum atomic E-state index is 12.5. The molecule has 0 aromatic heterocycles. The van der Waals surface area contributed by atoms with Crippen molar-refractivity contribution >= 4 is 28.9 Å². The number of urea groups is 1. The smallest absolute Gasteiger partial charge is 0.325 e. The van der Waals surface area contributed by atoms with E-state index in [0.717, 1.165) is 16.5 Å². The number of rotatable bonds is 4. The fourth-order valence-corrected chi connectivity index (χ4v) is 3.98. The number of hydrogen-bond donors (Lipinski definition) is 1. The number of thioether (sulfide) groups is 1. The zero-order valence-electron chi connectivity index (χ0n) is 14.6. The van der Waals surface area contributed by atoms with E-state index in [-0.39, 0.29) is 5.91 Å². The van der Waals surface area contributed by atoms with Crippen molar-refractivity contribution in [3.63, 3.8) is 0 Å². The summed E-state index contributed by atoms with van der Waals surface area (Å²) in [6, 6.07) is 7.33. The zero-order valence-corrected chi connectivity index (χ0v) is 15.4. The maximum absolute atomic E-state index is 12.5. The SMILES string of the molecule is C/C=C/CSC1=NC2C(C(=O)NC(=O)N2C)N1Cc1cccc(C)c1. The highest BCUT2D eigenvalue weighted by molar-refractivity contribution is 8.13. The number of benzene rings is 1. The molecule has 2 aliphatic rings. The monoisotopic (exact) mass is 358 g/mol. The van der Waals surface area contributed by atoms with E-state index in [0.29, 0.717) is 6.54 Å². The number of hydrogen-bond acceptors (Lipinski definition) is 5. The summed E-state index contributed by atoms with van der Waals surface area (Å²) in [4.78, 5) is 32.6. The van der Waals surface area contributed by atoms with Gasteiger partial charge in [-0.2, -0.15) is 0 Å². The van der Waals surface area contributed by atoms with Crippen LogP contribution in [-0.2, 0) is 11.3 Å². The fourth-order valence-electron chi connectivity index (χ4n) is 3.01. The van der Waals surface area contributed by atoms with Crippen LogP contribution >= 0.6 is 11.8 Å². The summed E-state index contributed by atoms with van der Waals surface area (Å²) in [6.07, 6.45) is 3.57. The molecule has 3 rings (SSSR count). The summed E-state index contributed by atoms with van der Waals surface area (Å²) in [5, 5.41) is 3.22. The van der Waals surface area contributed by atoms with Crippen LogP contribution in [-0.4, -0.2) is 51.9 Å². The minimum atomic E-state index is -0.490. The van der Waals surface area contributed by atoms with Gasteiger partial charge in [-0.25, -0.2) is 9.79 Å². The molecule has 1 fully saturated rings. The second kappa shape index (κ2) is 7.31. The minimum absolute atomic E-state index is 0.286. The van der Waals surface area contributed by atoms with Gasteiger partial charge in [0.25, 0.3) is 5.91 Å². The number of aryl methyl sites for hydroxylation is 1. The van der Waals surface area contributed by atoms with Crippen molar-refractivity contribution in [2.45, 2.75) is 32.6 Å². The topological polar surface area (TPSA) is 65.0 Å². The number of carbonyl (C=O) groups is 2. The van der Waals surface area contributed by atoms with Crippen LogP contribution in [0.2, 0.25) is 0 Å². The lowest BCUT2D eigenvalue weighted by molar-refractivity contribution is -0.127. The first-order valence-corrected chi connectivity index (χ1v) is 9.21. The van der Waals surface area contributed by atoms with Crippen LogP contribution in [0.5, 0.6) is 0 Å². The number of amides is 3. The van der Waals surface area contributed by atoms with E-state index in [9.17, 15) is 9.59 Å². The Kier molecular flexibility index (Phi) is 5.13. The molecule has 2 heterocycles. The van der Waals surface area contributed by atoms with Gasteiger partial charge < -0.3 is 9.80 Å². The van der Waals surface area contributed by atoms with Crippen LogP contribution in [0.1, 0.15) is 18.1 Å². The van der Waals surface area contributed by atoms with Gasteiger partial charge in [-0.15, -0.1) is 0 Å². The minimum Gasteiger partial charge on any atom is -0.331 e. The molecule has 0 saturated carbocycles. The molecule has 0 spiro atoms. The Morgan fingerprint density at radius 1 is 1.36 bits per heavy atom. The molecular weight excluding hydrogens is 336 g/mol. The molecular formula is C18H22N4O2S. The van der Waals surface area contributed by atoms with Crippen LogP contribution in [0, 0.1) is 6.92 Å².